The van der Waals surface area contributed by atoms with Crippen LogP contribution in [0.5, 0.6) is 0 Å². The maximum Gasteiger partial charge on any atom is 0.0490 e. The largest absolute Gasteiger partial charge is 0.302 e. The molecule has 0 spiro atoms. The summed E-state index contributed by atoms with van der Waals surface area (Å²) in [6, 6.07) is 23.8. The molecule has 0 saturated carbocycles. The van der Waals surface area contributed by atoms with Gasteiger partial charge in [0.2, 0.25) is 0 Å². The van der Waals surface area contributed by atoms with Crippen molar-refractivity contribution in [1.82, 2.24) is 15.1 Å². The Balaban J connectivity index is 1.50. The van der Waals surface area contributed by atoms with Crippen molar-refractivity contribution in [3.05, 3.63) is 89.7 Å². The van der Waals surface area contributed by atoms with Gasteiger partial charge in [-0.05, 0) is 23.6 Å². The number of rotatable bonds is 5. The van der Waals surface area contributed by atoms with E-state index in [9.17, 15) is 0 Å². The number of likely N-dealkylation sites (tertiary alicyclic amines) is 1. The highest BCUT2D eigenvalue weighted by Crippen LogP contribution is 2.38. The van der Waals surface area contributed by atoms with Crippen molar-refractivity contribution < 1.29 is 0 Å². The minimum Gasteiger partial charge on any atom is -0.302 e. The van der Waals surface area contributed by atoms with Gasteiger partial charge in [-0.2, -0.15) is 5.10 Å². The fourth-order valence-corrected chi connectivity index (χ4v) is 3.83. The molecule has 1 fully saturated rings. The number of aromatic amines is 1. The third-order valence-electron chi connectivity index (χ3n) is 5.10. The summed E-state index contributed by atoms with van der Waals surface area (Å²) in [7, 11) is 0. The minimum atomic E-state index is 0.491. The van der Waals surface area contributed by atoms with Crippen molar-refractivity contribution in [2.75, 3.05) is 19.6 Å². The van der Waals surface area contributed by atoms with Crippen molar-refractivity contribution in [2.45, 2.75) is 18.3 Å². The van der Waals surface area contributed by atoms with Crippen LogP contribution < -0.4 is 0 Å². The molecule has 1 aromatic heterocycles. The molecule has 0 radical (unpaired) electrons. The molecule has 1 saturated heterocycles. The molecule has 2 aromatic carbocycles. The van der Waals surface area contributed by atoms with E-state index in [1.54, 1.807) is 0 Å². The lowest BCUT2D eigenvalue weighted by Gasteiger charge is -2.17. The zero-order valence-electron chi connectivity index (χ0n) is 13.8. The average molecular weight is 317 g/mol. The Morgan fingerprint density at radius 1 is 0.875 bits per heavy atom. The van der Waals surface area contributed by atoms with Gasteiger partial charge in [-0.1, -0.05) is 60.7 Å². The number of hydrogen-bond donors (Lipinski definition) is 1. The summed E-state index contributed by atoms with van der Waals surface area (Å²) in [5.74, 6) is 1.02. The van der Waals surface area contributed by atoms with Crippen molar-refractivity contribution in [3.63, 3.8) is 0 Å². The standard InChI is InChI=1S/C21H23N3/c1-3-7-17(8-4-1)12-14-24-15-19(18-9-5-2-6-10-18)20(16-24)21-11-13-22-23-21/h1-11,13,19-20H,12,14-16H2,(H,22,23)/t19-,20+/m0/s1. The number of benzene rings is 2. The number of H-pyrrole nitrogens is 1. The summed E-state index contributed by atoms with van der Waals surface area (Å²) in [6.07, 6.45) is 2.97. The molecule has 2 heterocycles. The third-order valence-corrected chi connectivity index (χ3v) is 5.10. The zero-order valence-corrected chi connectivity index (χ0v) is 13.8. The molecule has 24 heavy (non-hydrogen) atoms. The quantitative estimate of drug-likeness (QED) is 0.775. The van der Waals surface area contributed by atoms with Crippen molar-refractivity contribution in [3.8, 4) is 0 Å². The van der Waals surface area contributed by atoms with Crippen LogP contribution in [0.4, 0.5) is 0 Å². The minimum absolute atomic E-state index is 0.491. The molecule has 0 bridgehead atoms. The van der Waals surface area contributed by atoms with E-state index in [0.717, 1.165) is 26.1 Å². The molecular formula is C21H23N3. The van der Waals surface area contributed by atoms with Crippen LogP contribution in [0.3, 0.4) is 0 Å². The van der Waals surface area contributed by atoms with Gasteiger partial charge in [-0.3, -0.25) is 5.10 Å². The van der Waals surface area contributed by atoms with Gasteiger partial charge in [0, 0.05) is 43.4 Å². The molecule has 3 aromatic rings. The first-order valence-corrected chi connectivity index (χ1v) is 8.70. The normalized spacial score (nSPS) is 21.2. The number of aromatic nitrogens is 2. The number of hydrogen-bond acceptors (Lipinski definition) is 2. The Morgan fingerprint density at radius 3 is 2.29 bits per heavy atom. The first-order valence-electron chi connectivity index (χ1n) is 8.70. The molecule has 2 atom stereocenters. The van der Waals surface area contributed by atoms with Crippen LogP contribution in [-0.4, -0.2) is 34.7 Å². The van der Waals surface area contributed by atoms with E-state index in [1.165, 1.54) is 16.8 Å². The highest BCUT2D eigenvalue weighted by atomic mass is 15.2. The second-order valence-electron chi connectivity index (χ2n) is 6.63. The second-order valence-corrected chi connectivity index (χ2v) is 6.63. The number of nitrogens with one attached hydrogen (secondary N) is 1. The van der Waals surface area contributed by atoms with E-state index in [2.05, 4.69) is 81.8 Å². The Labute approximate surface area is 143 Å². The predicted molar refractivity (Wildman–Crippen MR) is 97.1 cm³/mol. The highest BCUT2D eigenvalue weighted by molar-refractivity contribution is 5.28. The fraction of sp³-hybridized carbons (Fsp3) is 0.286. The summed E-state index contributed by atoms with van der Waals surface area (Å²) in [5.41, 5.74) is 4.10. The Bertz CT molecular complexity index is 737. The van der Waals surface area contributed by atoms with Gasteiger partial charge in [-0.25, -0.2) is 0 Å². The summed E-state index contributed by atoms with van der Waals surface area (Å²) in [5, 5.41) is 7.37. The van der Waals surface area contributed by atoms with Gasteiger partial charge in [0.1, 0.15) is 0 Å². The van der Waals surface area contributed by atoms with Gasteiger partial charge in [0.05, 0.1) is 0 Å². The molecular weight excluding hydrogens is 294 g/mol. The van der Waals surface area contributed by atoms with Crippen LogP contribution in [0, 0.1) is 0 Å². The van der Waals surface area contributed by atoms with Gasteiger partial charge < -0.3 is 4.90 Å². The summed E-state index contributed by atoms with van der Waals surface area (Å²) < 4.78 is 0. The maximum atomic E-state index is 4.17. The molecule has 122 valence electrons. The van der Waals surface area contributed by atoms with E-state index in [4.69, 9.17) is 0 Å². The van der Waals surface area contributed by atoms with E-state index >= 15 is 0 Å². The van der Waals surface area contributed by atoms with Crippen LogP contribution >= 0.6 is 0 Å². The van der Waals surface area contributed by atoms with Crippen LogP contribution in [-0.2, 0) is 6.42 Å². The van der Waals surface area contributed by atoms with E-state index < -0.39 is 0 Å². The van der Waals surface area contributed by atoms with Gasteiger partial charge >= 0.3 is 0 Å². The summed E-state index contributed by atoms with van der Waals surface area (Å²) in [6.45, 7) is 3.31. The molecule has 0 aliphatic carbocycles. The maximum absolute atomic E-state index is 4.17. The van der Waals surface area contributed by atoms with E-state index in [-0.39, 0.29) is 0 Å². The molecule has 4 rings (SSSR count). The van der Waals surface area contributed by atoms with Crippen molar-refractivity contribution in [1.29, 1.82) is 0 Å². The molecule has 3 nitrogen and oxygen atoms in total. The SMILES string of the molecule is c1ccc(CCN2C[C@@H](c3ccccc3)[C@H](c3ccn[nH]3)C2)cc1. The molecule has 1 aliphatic rings. The second kappa shape index (κ2) is 7.02. The molecule has 0 unspecified atom stereocenters. The Morgan fingerprint density at radius 2 is 1.58 bits per heavy atom. The third kappa shape index (κ3) is 3.26. The molecule has 3 heteroatoms. The van der Waals surface area contributed by atoms with Crippen LogP contribution in [0.15, 0.2) is 72.9 Å². The summed E-state index contributed by atoms with van der Waals surface area (Å²) >= 11 is 0. The lowest BCUT2D eigenvalue weighted by molar-refractivity contribution is 0.335. The first-order chi connectivity index (χ1) is 11.9. The van der Waals surface area contributed by atoms with E-state index in [1.807, 2.05) is 6.20 Å². The predicted octanol–water partition coefficient (Wildman–Crippen LogP) is 3.84. The van der Waals surface area contributed by atoms with Crippen LogP contribution in [0.25, 0.3) is 0 Å². The van der Waals surface area contributed by atoms with Crippen LogP contribution in [0.2, 0.25) is 0 Å². The number of nitrogens with zero attached hydrogens (tertiary/aromatic N) is 2. The van der Waals surface area contributed by atoms with E-state index in [0.29, 0.717) is 11.8 Å². The zero-order chi connectivity index (χ0) is 16.2. The van der Waals surface area contributed by atoms with Gasteiger partial charge in [0.25, 0.3) is 0 Å². The van der Waals surface area contributed by atoms with Crippen molar-refractivity contribution in [2.24, 2.45) is 0 Å². The highest BCUT2D eigenvalue weighted by Gasteiger charge is 2.35. The molecule has 1 N–H and O–H groups in total. The topological polar surface area (TPSA) is 31.9 Å². The monoisotopic (exact) mass is 317 g/mol. The molecule has 1 aliphatic heterocycles. The molecule has 0 amide bonds. The Kier molecular flexibility index (Phi) is 4.43. The smallest absolute Gasteiger partial charge is 0.0490 e. The van der Waals surface area contributed by atoms with Crippen molar-refractivity contribution >= 4 is 0 Å². The lowest BCUT2D eigenvalue weighted by Crippen LogP contribution is -2.23. The summed E-state index contributed by atoms with van der Waals surface area (Å²) in [4.78, 5) is 2.59. The Hall–Kier alpha value is -2.39. The van der Waals surface area contributed by atoms with Gasteiger partial charge in [-0.15, -0.1) is 0 Å². The van der Waals surface area contributed by atoms with Gasteiger partial charge in [0.15, 0.2) is 0 Å². The fourth-order valence-electron chi connectivity index (χ4n) is 3.83. The average Bonchev–Trinajstić information content (AvgIpc) is 3.31. The first kappa shape index (κ1) is 15.2. The lowest BCUT2D eigenvalue weighted by atomic mass is 9.87. The van der Waals surface area contributed by atoms with Crippen LogP contribution in [0.1, 0.15) is 28.7 Å².